The van der Waals surface area contributed by atoms with Gasteiger partial charge in [0.2, 0.25) is 0 Å². The lowest BCUT2D eigenvalue weighted by Crippen LogP contribution is -2.47. The van der Waals surface area contributed by atoms with Gasteiger partial charge < -0.3 is 5.32 Å². The van der Waals surface area contributed by atoms with Gasteiger partial charge in [0.05, 0.1) is 11.1 Å². The second kappa shape index (κ2) is 5.75. The number of rotatable bonds is 4. The molecule has 1 N–H and O–H groups in total. The molecule has 1 aromatic carbocycles. The van der Waals surface area contributed by atoms with E-state index in [2.05, 4.69) is 5.32 Å². The van der Waals surface area contributed by atoms with Crippen LogP contribution in [0.2, 0.25) is 0 Å². The molecule has 0 amide bonds. The highest BCUT2D eigenvalue weighted by atomic mass is 19.4. The Morgan fingerprint density at radius 3 is 2.62 bits per heavy atom. The predicted octanol–water partition coefficient (Wildman–Crippen LogP) is 3.95. The molecule has 2 rings (SSSR count). The van der Waals surface area contributed by atoms with E-state index in [0.717, 1.165) is 18.9 Å². The average molecular weight is 303 g/mol. The third kappa shape index (κ3) is 3.10. The number of ketones is 1. The van der Waals surface area contributed by atoms with Crippen molar-refractivity contribution in [1.29, 1.82) is 0 Å². The number of benzene rings is 1. The molecule has 1 unspecified atom stereocenters. The number of hydrogen-bond donors (Lipinski definition) is 1. The van der Waals surface area contributed by atoms with Crippen molar-refractivity contribution < 1.29 is 22.4 Å². The maximum absolute atomic E-state index is 13.3. The number of Topliss-reactive ketones (excluding diaryl/α,β-unsaturated/α-hetero) is 1. The van der Waals surface area contributed by atoms with Gasteiger partial charge in [-0.25, -0.2) is 4.39 Å². The molecule has 2 nitrogen and oxygen atoms in total. The molecule has 1 aliphatic heterocycles. The summed E-state index contributed by atoms with van der Waals surface area (Å²) in [5, 5.41) is 3.12. The van der Waals surface area contributed by atoms with Gasteiger partial charge in [-0.1, -0.05) is 13.3 Å². The molecule has 1 atom stereocenters. The lowest BCUT2D eigenvalue weighted by atomic mass is 9.83. The van der Waals surface area contributed by atoms with E-state index in [1.807, 2.05) is 6.92 Å². The number of carbonyl (C=O) groups excluding carboxylic acids is 1. The van der Waals surface area contributed by atoms with E-state index in [9.17, 15) is 22.4 Å². The Morgan fingerprint density at radius 2 is 2.10 bits per heavy atom. The van der Waals surface area contributed by atoms with Gasteiger partial charge in [-0.05, 0) is 44.0 Å². The van der Waals surface area contributed by atoms with E-state index in [1.165, 1.54) is 0 Å². The number of nitrogens with one attached hydrogen (secondary N) is 1. The minimum atomic E-state index is -4.80. The first-order valence-corrected chi connectivity index (χ1v) is 6.97. The van der Waals surface area contributed by atoms with Crippen LogP contribution in [0, 0.1) is 5.82 Å². The summed E-state index contributed by atoms with van der Waals surface area (Å²) in [6, 6.07) is 2.46. The van der Waals surface area contributed by atoms with Crippen LogP contribution in [0.1, 0.15) is 48.5 Å². The standard InChI is InChI=1S/C15H17F4NO/c1-2-6-14(7-3-8-20-14)13(21)10-4-5-12(16)11(9-10)15(17,18)19/h4-5,9,20H,2-3,6-8H2,1H3. The lowest BCUT2D eigenvalue weighted by molar-refractivity contribution is -0.140. The molecule has 116 valence electrons. The van der Waals surface area contributed by atoms with Crippen molar-refractivity contribution in [3.05, 3.63) is 35.1 Å². The Morgan fingerprint density at radius 1 is 1.38 bits per heavy atom. The minimum absolute atomic E-state index is 0.0911. The van der Waals surface area contributed by atoms with Crippen LogP contribution in [0.25, 0.3) is 0 Å². The van der Waals surface area contributed by atoms with Crippen LogP contribution < -0.4 is 5.32 Å². The molecule has 0 bridgehead atoms. The molecule has 0 spiro atoms. The topological polar surface area (TPSA) is 29.1 Å². The summed E-state index contributed by atoms with van der Waals surface area (Å²) < 4.78 is 51.5. The quantitative estimate of drug-likeness (QED) is 0.674. The molecule has 1 fully saturated rings. The Kier molecular flexibility index (Phi) is 4.37. The molecule has 0 saturated carbocycles. The van der Waals surface area contributed by atoms with E-state index in [4.69, 9.17) is 0 Å². The minimum Gasteiger partial charge on any atom is -0.305 e. The summed E-state index contributed by atoms with van der Waals surface area (Å²) in [5.74, 6) is -1.74. The highest BCUT2D eigenvalue weighted by Crippen LogP contribution is 2.34. The van der Waals surface area contributed by atoms with E-state index in [-0.39, 0.29) is 11.3 Å². The van der Waals surface area contributed by atoms with Gasteiger partial charge in [-0.3, -0.25) is 4.79 Å². The molecular formula is C15H17F4NO. The van der Waals surface area contributed by atoms with Gasteiger partial charge in [-0.2, -0.15) is 13.2 Å². The molecule has 1 aromatic rings. The molecule has 0 aliphatic carbocycles. The van der Waals surface area contributed by atoms with Crippen molar-refractivity contribution in [2.24, 2.45) is 0 Å². The first-order chi connectivity index (χ1) is 9.80. The van der Waals surface area contributed by atoms with Crippen LogP contribution in [0.3, 0.4) is 0 Å². The van der Waals surface area contributed by atoms with Crippen LogP contribution in [0.5, 0.6) is 0 Å². The zero-order valence-corrected chi connectivity index (χ0v) is 11.7. The Labute approximate surface area is 120 Å². The summed E-state index contributed by atoms with van der Waals surface area (Å²) in [4.78, 5) is 12.6. The van der Waals surface area contributed by atoms with Gasteiger partial charge in [0.1, 0.15) is 5.82 Å². The van der Waals surface area contributed by atoms with Gasteiger partial charge in [0.25, 0.3) is 0 Å². The SMILES string of the molecule is CCCC1(C(=O)c2ccc(F)c(C(F)(F)F)c2)CCCN1. The normalized spacial score (nSPS) is 22.5. The molecule has 6 heteroatoms. The maximum Gasteiger partial charge on any atom is 0.419 e. The maximum atomic E-state index is 13.3. The molecule has 1 aliphatic rings. The zero-order chi connectivity index (χ0) is 15.7. The van der Waals surface area contributed by atoms with E-state index in [0.29, 0.717) is 31.5 Å². The first-order valence-electron chi connectivity index (χ1n) is 6.97. The third-order valence-electron chi connectivity index (χ3n) is 3.89. The third-order valence-corrected chi connectivity index (χ3v) is 3.89. The second-order valence-corrected chi connectivity index (χ2v) is 5.38. The van der Waals surface area contributed by atoms with Crippen LogP contribution in [0.4, 0.5) is 17.6 Å². The summed E-state index contributed by atoms with van der Waals surface area (Å²) in [6.07, 6.45) is -2.10. The summed E-state index contributed by atoms with van der Waals surface area (Å²) in [5.41, 5.74) is -2.29. The van der Waals surface area contributed by atoms with Crippen LogP contribution in [0.15, 0.2) is 18.2 Å². The van der Waals surface area contributed by atoms with Crippen molar-refractivity contribution in [2.45, 2.75) is 44.3 Å². The fourth-order valence-corrected chi connectivity index (χ4v) is 2.91. The molecule has 1 saturated heterocycles. The largest absolute Gasteiger partial charge is 0.419 e. The summed E-state index contributed by atoms with van der Waals surface area (Å²) in [7, 11) is 0. The van der Waals surface area contributed by atoms with E-state index >= 15 is 0 Å². The predicted molar refractivity (Wildman–Crippen MR) is 70.6 cm³/mol. The van der Waals surface area contributed by atoms with Gasteiger partial charge in [0.15, 0.2) is 5.78 Å². The second-order valence-electron chi connectivity index (χ2n) is 5.38. The van der Waals surface area contributed by atoms with Crippen LogP contribution in [-0.4, -0.2) is 17.9 Å². The van der Waals surface area contributed by atoms with Crippen LogP contribution in [-0.2, 0) is 6.18 Å². The van der Waals surface area contributed by atoms with Gasteiger partial charge >= 0.3 is 6.18 Å². The monoisotopic (exact) mass is 303 g/mol. The Hall–Kier alpha value is -1.43. The van der Waals surface area contributed by atoms with Crippen molar-refractivity contribution in [2.75, 3.05) is 6.54 Å². The number of hydrogen-bond acceptors (Lipinski definition) is 2. The van der Waals surface area contributed by atoms with Crippen molar-refractivity contribution in [1.82, 2.24) is 5.32 Å². The molecule has 21 heavy (non-hydrogen) atoms. The molecule has 0 radical (unpaired) electrons. The zero-order valence-electron chi connectivity index (χ0n) is 11.7. The first kappa shape index (κ1) is 15.9. The molecule has 1 heterocycles. The highest BCUT2D eigenvalue weighted by Gasteiger charge is 2.41. The fraction of sp³-hybridized carbons (Fsp3) is 0.533. The summed E-state index contributed by atoms with van der Waals surface area (Å²) in [6.45, 7) is 2.58. The number of halogens is 4. The van der Waals surface area contributed by atoms with Crippen LogP contribution >= 0.6 is 0 Å². The van der Waals surface area contributed by atoms with E-state index < -0.39 is 23.1 Å². The van der Waals surface area contributed by atoms with Crippen molar-refractivity contribution >= 4 is 5.78 Å². The Balaban J connectivity index is 2.39. The molecular weight excluding hydrogens is 286 g/mol. The van der Waals surface area contributed by atoms with Crippen molar-refractivity contribution in [3.8, 4) is 0 Å². The lowest BCUT2D eigenvalue weighted by Gasteiger charge is -2.28. The average Bonchev–Trinajstić information content (AvgIpc) is 2.87. The number of alkyl halides is 3. The molecule has 0 aromatic heterocycles. The fourth-order valence-electron chi connectivity index (χ4n) is 2.91. The Bertz CT molecular complexity index is 533. The smallest absolute Gasteiger partial charge is 0.305 e. The summed E-state index contributed by atoms with van der Waals surface area (Å²) >= 11 is 0. The van der Waals surface area contributed by atoms with Gasteiger partial charge in [0, 0.05) is 5.56 Å². The van der Waals surface area contributed by atoms with Gasteiger partial charge in [-0.15, -0.1) is 0 Å². The van der Waals surface area contributed by atoms with Crippen molar-refractivity contribution in [3.63, 3.8) is 0 Å². The van der Waals surface area contributed by atoms with E-state index in [1.54, 1.807) is 0 Å². The number of carbonyl (C=O) groups is 1. The highest BCUT2D eigenvalue weighted by molar-refractivity contribution is 6.03.